The third-order valence-electron chi connectivity index (χ3n) is 1.76. The number of ether oxygens (including phenoxy) is 1. The van der Waals surface area contributed by atoms with Crippen molar-refractivity contribution < 1.29 is 4.74 Å². The molecule has 48 valence electrons. The Balaban J connectivity index is 2.30. The van der Waals surface area contributed by atoms with E-state index in [-0.39, 0.29) is 0 Å². The monoisotopic (exact) mass is 115 g/mol. The highest BCUT2D eigenvalue weighted by molar-refractivity contribution is 4.79. The maximum absolute atomic E-state index is 5.16. The van der Waals surface area contributed by atoms with Gasteiger partial charge in [-0.05, 0) is 19.9 Å². The summed E-state index contributed by atoms with van der Waals surface area (Å²) in [7, 11) is 1.77. The van der Waals surface area contributed by atoms with Gasteiger partial charge in [0.1, 0.15) is 0 Å². The van der Waals surface area contributed by atoms with Crippen molar-refractivity contribution in [3.63, 3.8) is 0 Å². The highest BCUT2D eigenvalue weighted by atomic mass is 16.5. The van der Waals surface area contributed by atoms with Crippen LogP contribution in [-0.2, 0) is 4.74 Å². The molecule has 1 rings (SSSR count). The van der Waals surface area contributed by atoms with Crippen LogP contribution in [0.3, 0.4) is 0 Å². The second-order valence-electron chi connectivity index (χ2n) is 2.31. The molecule has 1 N–H and O–H groups in total. The van der Waals surface area contributed by atoms with Gasteiger partial charge in [0.05, 0.1) is 6.10 Å². The summed E-state index contributed by atoms with van der Waals surface area (Å²) in [6.07, 6.45) is 1.62. The standard InChI is InChI=1S/C6H13NO/c1-5-6(8-2)3-4-7-5/h5-7H,3-4H2,1-2H3/t5-,6+/m0/s1. The lowest BCUT2D eigenvalue weighted by Gasteiger charge is -2.11. The molecule has 0 unspecified atom stereocenters. The van der Waals surface area contributed by atoms with Crippen molar-refractivity contribution in [2.45, 2.75) is 25.5 Å². The van der Waals surface area contributed by atoms with Gasteiger partial charge in [-0.2, -0.15) is 0 Å². The molecular weight excluding hydrogens is 102 g/mol. The van der Waals surface area contributed by atoms with Crippen LogP contribution in [0, 0.1) is 0 Å². The van der Waals surface area contributed by atoms with E-state index in [1.807, 2.05) is 0 Å². The van der Waals surface area contributed by atoms with E-state index in [9.17, 15) is 0 Å². The van der Waals surface area contributed by atoms with Crippen LogP contribution < -0.4 is 5.32 Å². The van der Waals surface area contributed by atoms with Crippen LogP contribution in [0.2, 0.25) is 0 Å². The second-order valence-corrected chi connectivity index (χ2v) is 2.31. The predicted octanol–water partition coefficient (Wildman–Crippen LogP) is 0.383. The number of rotatable bonds is 1. The summed E-state index contributed by atoms with van der Waals surface area (Å²) in [5.74, 6) is 0. The van der Waals surface area contributed by atoms with E-state index >= 15 is 0 Å². The molecule has 0 spiro atoms. The fraction of sp³-hybridized carbons (Fsp3) is 1.00. The molecular formula is C6H13NO. The molecule has 0 aromatic rings. The first-order chi connectivity index (χ1) is 3.84. The van der Waals surface area contributed by atoms with Crippen molar-refractivity contribution in [1.29, 1.82) is 0 Å². The maximum Gasteiger partial charge on any atom is 0.0733 e. The van der Waals surface area contributed by atoms with Crippen LogP contribution in [0.1, 0.15) is 13.3 Å². The Morgan fingerprint density at radius 3 is 2.62 bits per heavy atom. The molecule has 0 saturated carbocycles. The molecule has 0 radical (unpaired) electrons. The molecule has 1 aliphatic heterocycles. The molecule has 1 fully saturated rings. The lowest BCUT2D eigenvalue weighted by atomic mass is 10.2. The van der Waals surface area contributed by atoms with Gasteiger partial charge in [0, 0.05) is 13.2 Å². The zero-order valence-electron chi connectivity index (χ0n) is 5.48. The molecule has 2 nitrogen and oxygen atoms in total. The number of hydrogen-bond donors (Lipinski definition) is 1. The van der Waals surface area contributed by atoms with E-state index in [1.165, 1.54) is 0 Å². The first-order valence-corrected chi connectivity index (χ1v) is 3.11. The third-order valence-corrected chi connectivity index (χ3v) is 1.76. The van der Waals surface area contributed by atoms with Gasteiger partial charge in [0.25, 0.3) is 0 Å². The Hall–Kier alpha value is -0.0800. The molecule has 2 atom stereocenters. The van der Waals surface area contributed by atoms with E-state index in [2.05, 4.69) is 12.2 Å². The summed E-state index contributed by atoms with van der Waals surface area (Å²) >= 11 is 0. The van der Waals surface area contributed by atoms with Crippen molar-refractivity contribution >= 4 is 0 Å². The molecule has 0 bridgehead atoms. The molecule has 1 heterocycles. The average molecular weight is 115 g/mol. The van der Waals surface area contributed by atoms with Gasteiger partial charge in [-0.1, -0.05) is 0 Å². The van der Waals surface area contributed by atoms with Crippen molar-refractivity contribution in [2.75, 3.05) is 13.7 Å². The molecule has 2 heteroatoms. The first kappa shape index (κ1) is 6.05. The van der Waals surface area contributed by atoms with Crippen molar-refractivity contribution in [3.05, 3.63) is 0 Å². The Morgan fingerprint density at radius 1 is 1.62 bits per heavy atom. The number of hydrogen-bond acceptors (Lipinski definition) is 2. The van der Waals surface area contributed by atoms with Crippen LogP contribution >= 0.6 is 0 Å². The molecule has 0 aliphatic carbocycles. The SMILES string of the molecule is CO[C@@H]1CCN[C@H]1C. The van der Waals surface area contributed by atoms with Crippen LogP contribution in [0.25, 0.3) is 0 Å². The highest BCUT2D eigenvalue weighted by Gasteiger charge is 2.21. The minimum absolute atomic E-state index is 0.454. The van der Waals surface area contributed by atoms with Gasteiger partial charge in [0.2, 0.25) is 0 Å². The lowest BCUT2D eigenvalue weighted by Crippen LogP contribution is -2.27. The summed E-state index contributed by atoms with van der Waals surface area (Å²) in [5, 5.41) is 3.30. The van der Waals surface area contributed by atoms with Gasteiger partial charge < -0.3 is 10.1 Å². The van der Waals surface area contributed by atoms with Crippen LogP contribution in [0.4, 0.5) is 0 Å². The van der Waals surface area contributed by atoms with Crippen molar-refractivity contribution in [1.82, 2.24) is 5.32 Å². The number of methoxy groups -OCH3 is 1. The largest absolute Gasteiger partial charge is 0.380 e. The normalized spacial score (nSPS) is 38.2. The highest BCUT2D eigenvalue weighted by Crippen LogP contribution is 2.08. The summed E-state index contributed by atoms with van der Waals surface area (Å²) in [4.78, 5) is 0. The number of nitrogens with one attached hydrogen (secondary N) is 1. The molecule has 0 aromatic carbocycles. The first-order valence-electron chi connectivity index (χ1n) is 3.11. The summed E-state index contributed by atoms with van der Waals surface area (Å²) < 4.78 is 5.16. The van der Waals surface area contributed by atoms with Crippen LogP contribution in [0.15, 0.2) is 0 Å². The maximum atomic E-state index is 5.16. The summed E-state index contributed by atoms with van der Waals surface area (Å²) in [6, 6.07) is 0.556. The second kappa shape index (κ2) is 2.46. The molecule has 0 amide bonds. The minimum Gasteiger partial charge on any atom is -0.380 e. The predicted molar refractivity (Wildman–Crippen MR) is 32.9 cm³/mol. The van der Waals surface area contributed by atoms with E-state index in [1.54, 1.807) is 7.11 Å². The Bertz CT molecular complexity index is 74.9. The van der Waals surface area contributed by atoms with E-state index in [0.717, 1.165) is 13.0 Å². The van der Waals surface area contributed by atoms with Gasteiger partial charge in [-0.15, -0.1) is 0 Å². The van der Waals surface area contributed by atoms with Crippen LogP contribution in [0.5, 0.6) is 0 Å². The molecule has 1 aliphatic rings. The van der Waals surface area contributed by atoms with Gasteiger partial charge in [0.15, 0.2) is 0 Å². The van der Waals surface area contributed by atoms with Crippen molar-refractivity contribution in [3.8, 4) is 0 Å². The zero-order valence-corrected chi connectivity index (χ0v) is 5.48. The zero-order chi connectivity index (χ0) is 5.98. The summed E-state index contributed by atoms with van der Waals surface area (Å²) in [5.41, 5.74) is 0. The van der Waals surface area contributed by atoms with Gasteiger partial charge in [-0.3, -0.25) is 0 Å². The lowest BCUT2D eigenvalue weighted by molar-refractivity contribution is 0.0968. The fourth-order valence-electron chi connectivity index (χ4n) is 1.16. The molecule has 0 aromatic heterocycles. The summed E-state index contributed by atoms with van der Waals surface area (Å²) in [6.45, 7) is 3.26. The van der Waals surface area contributed by atoms with E-state index < -0.39 is 0 Å². The van der Waals surface area contributed by atoms with Gasteiger partial charge in [-0.25, -0.2) is 0 Å². The Morgan fingerprint density at radius 2 is 2.38 bits per heavy atom. The van der Waals surface area contributed by atoms with Crippen molar-refractivity contribution in [2.24, 2.45) is 0 Å². The Labute approximate surface area is 50.2 Å². The topological polar surface area (TPSA) is 21.3 Å². The average Bonchev–Trinajstić information content (AvgIpc) is 2.14. The van der Waals surface area contributed by atoms with E-state index in [0.29, 0.717) is 12.1 Å². The molecule has 8 heavy (non-hydrogen) atoms. The minimum atomic E-state index is 0.454. The quantitative estimate of drug-likeness (QED) is 0.533. The fourth-order valence-corrected chi connectivity index (χ4v) is 1.16. The van der Waals surface area contributed by atoms with Crippen LogP contribution in [-0.4, -0.2) is 25.8 Å². The Kier molecular flexibility index (Phi) is 1.86. The van der Waals surface area contributed by atoms with E-state index in [4.69, 9.17) is 4.74 Å². The van der Waals surface area contributed by atoms with Gasteiger partial charge >= 0.3 is 0 Å². The smallest absolute Gasteiger partial charge is 0.0733 e. The molecule has 1 saturated heterocycles. The third kappa shape index (κ3) is 1.01.